The molecule has 2 rings (SSSR count). The van der Waals surface area contributed by atoms with Crippen molar-refractivity contribution < 1.29 is 9.18 Å². The number of rotatable bonds is 2. The zero-order valence-corrected chi connectivity index (χ0v) is 9.64. The van der Waals surface area contributed by atoms with E-state index in [9.17, 15) is 9.18 Å². The molecular formula is C13H16FNO. The average Bonchev–Trinajstić information content (AvgIpc) is 2.08. The van der Waals surface area contributed by atoms with E-state index in [-0.39, 0.29) is 17.6 Å². The molecule has 0 spiro atoms. The highest BCUT2D eigenvalue weighted by Gasteiger charge is 2.25. The molecule has 16 heavy (non-hydrogen) atoms. The van der Waals surface area contributed by atoms with E-state index in [0.29, 0.717) is 0 Å². The van der Waals surface area contributed by atoms with Crippen LogP contribution in [0.25, 0.3) is 0 Å². The lowest BCUT2D eigenvalue weighted by Crippen LogP contribution is -2.28. The lowest BCUT2D eigenvalue weighted by atomic mass is 9.84. The molecule has 2 nitrogen and oxygen atoms in total. The third-order valence-corrected chi connectivity index (χ3v) is 3.22. The van der Waals surface area contributed by atoms with Crippen molar-refractivity contribution in [1.29, 1.82) is 0 Å². The molecule has 1 aliphatic rings. The summed E-state index contributed by atoms with van der Waals surface area (Å²) >= 11 is 0. The van der Waals surface area contributed by atoms with Gasteiger partial charge in [0.1, 0.15) is 5.82 Å². The Morgan fingerprint density at radius 1 is 1.31 bits per heavy atom. The number of carbonyl (C=O) groups is 1. The number of nitrogens with one attached hydrogen (secondary N) is 1. The Labute approximate surface area is 94.9 Å². The average molecular weight is 221 g/mol. The highest BCUT2D eigenvalue weighted by atomic mass is 19.1. The maximum Gasteiger partial charge on any atom is 0.227 e. The second kappa shape index (κ2) is 4.24. The van der Waals surface area contributed by atoms with E-state index in [2.05, 4.69) is 5.32 Å². The van der Waals surface area contributed by atoms with Crippen LogP contribution in [-0.4, -0.2) is 5.91 Å². The van der Waals surface area contributed by atoms with Crippen LogP contribution in [0.4, 0.5) is 10.1 Å². The van der Waals surface area contributed by atoms with Crippen LogP contribution in [0.1, 0.15) is 30.4 Å². The van der Waals surface area contributed by atoms with Gasteiger partial charge in [-0.2, -0.15) is 0 Å². The van der Waals surface area contributed by atoms with E-state index in [0.717, 1.165) is 36.1 Å². The Kier molecular flexibility index (Phi) is 2.95. The maximum atomic E-state index is 13.1. The molecular weight excluding hydrogens is 205 g/mol. The minimum atomic E-state index is -0.253. The number of amides is 1. The van der Waals surface area contributed by atoms with Crippen molar-refractivity contribution in [2.24, 2.45) is 5.92 Å². The summed E-state index contributed by atoms with van der Waals surface area (Å²) in [7, 11) is 0. The molecule has 1 aliphatic carbocycles. The molecule has 1 amide bonds. The molecule has 3 heteroatoms. The van der Waals surface area contributed by atoms with Crippen LogP contribution in [0.3, 0.4) is 0 Å². The Hall–Kier alpha value is -1.38. The normalized spacial score (nSPS) is 15.7. The first-order valence-electron chi connectivity index (χ1n) is 5.65. The van der Waals surface area contributed by atoms with Gasteiger partial charge in [-0.05, 0) is 49.9 Å². The zero-order valence-electron chi connectivity index (χ0n) is 9.64. The molecule has 1 aromatic carbocycles. The number of hydrogen-bond acceptors (Lipinski definition) is 1. The molecule has 0 saturated heterocycles. The molecule has 86 valence electrons. The predicted octanol–water partition coefficient (Wildman–Crippen LogP) is 3.18. The summed E-state index contributed by atoms with van der Waals surface area (Å²) in [5, 5.41) is 2.90. The first kappa shape index (κ1) is 11.1. The molecule has 1 fully saturated rings. The van der Waals surface area contributed by atoms with Crippen molar-refractivity contribution >= 4 is 11.6 Å². The largest absolute Gasteiger partial charge is 0.325 e. The molecule has 0 aliphatic heterocycles. The fourth-order valence-electron chi connectivity index (χ4n) is 2.00. The quantitative estimate of drug-likeness (QED) is 0.816. The van der Waals surface area contributed by atoms with Crippen molar-refractivity contribution in [2.45, 2.75) is 33.1 Å². The summed E-state index contributed by atoms with van der Waals surface area (Å²) in [4.78, 5) is 11.8. The van der Waals surface area contributed by atoms with Gasteiger partial charge in [-0.1, -0.05) is 6.42 Å². The van der Waals surface area contributed by atoms with E-state index >= 15 is 0 Å². The van der Waals surface area contributed by atoms with Crippen LogP contribution >= 0.6 is 0 Å². The number of halogens is 1. The van der Waals surface area contributed by atoms with Crippen LogP contribution in [0.2, 0.25) is 0 Å². The van der Waals surface area contributed by atoms with Crippen LogP contribution in [0, 0.1) is 25.6 Å². The Balaban J connectivity index is 2.17. The maximum absolute atomic E-state index is 13.1. The molecule has 0 radical (unpaired) electrons. The van der Waals surface area contributed by atoms with Gasteiger partial charge in [-0.15, -0.1) is 0 Å². The molecule has 1 aromatic rings. The summed E-state index contributed by atoms with van der Waals surface area (Å²) < 4.78 is 13.1. The van der Waals surface area contributed by atoms with Gasteiger partial charge in [0.2, 0.25) is 5.91 Å². The SMILES string of the molecule is Cc1cc(F)cc(C)c1NC(=O)C1CCC1. The number of hydrogen-bond donors (Lipinski definition) is 1. The van der Waals surface area contributed by atoms with Gasteiger partial charge in [-0.3, -0.25) is 4.79 Å². The van der Waals surface area contributed by atoms with Gasteiger partial charge in [0.15, 0.2) is 0 Å². The Bertz CT molecular complexity index is 401. The minimum absolute atomic E-state index is 0.0732. The summed E-state index contributed by atoms with van der Waals surface area (Å²) in [5.74, 6) is -0.0236. The summed E-state index contributed by atoms with van der Waals surface area (Å²) in [6, 6.07) is 2.90. The fourth-order valence-corrected chi connectivity index (χ4v) is 2.00. The lowest BCUT2D eigenvalue weighted by Gasteiger charge is -2.25. The predicted molar refractivity (Wildman–Crippen MR) is 61.8 cm³/mol. The smallest absolute Gasteiger partial charge is 0.227 e. The second-order valence-electron chi connectivity index (χ2n) is 4.53. The van der Waals surface area contributed by atoms with Gasteiger partial charge in [0.05, 0.1) is 0 Å². The fraction of sp³-hybridized carbons (Fsp3) is 0.462. The summed E-state index contributed by atoms with van der Waals surface area (Å²) in [5.41, 5.74) is 2.33. The van der Waals surface area contributed by atoms with Crippen LogP contribution in [-0.2, 0) is 4.79 Å². The van der Waals surface area contributed by atoms with Crippen molar-refractivity contribution in [3.63, 3.8) is 0 Å². The van der Waals surface area contributed by atoms with Gasteiger partial charge >= 0.3 is 0 Å². The van der Waals surface area contributed by atoms with Crippen LogP contribution in [0.15, 0.2) is 12.1 Å². The monoisotopic (exact) mass is 221 g/mol. The number of anilines is 1. The third kappa shape index (κ3) is 2.08. The van der Waals surface area contributed by atoms with E-state index in [4.69, 9.17) is 0 Å². The van der Waals surface area contributed by atoms with Gasteiger partial charge in [-0.25, -0.2) is 4.39 Å². The van der Waals surface area contributed by atoms with Crippen LogP contribution in [0.5, 0.6) is 0 Å². The van der Waals surface area contributed by atoms with Gasteiger partial charge in [0.25, 0.3) is 0 Å². The topological polar surface area (TPSA) is 29.1 Å². The first-order valence-corrected chi connectivity index (χ1v) is 5.65. The minimum Gasteiger partial charge on any atom is -0.325 e. The molecule has 1 N–H and O–H groups in total. The van der Waals surface area contributed by atoms with Gasteiger partial charge < -0.3 is 5.32 Å². The van der Waals surface area contributed by atoms with E-state index in [1.165, 1.54) is 12.1 Å². The molecule has 0 aromatic heterocycles. The Morgan fingerprint density at radius 2 is 1.88 bits per heavy atom. The lowest BCUT2D eigenvalue weighted by molar-refractivity contribution is -0.122. The highest BCUT2D eigenvalue weighted by Crippen LogP contribution is 2.29. The van der Waals surface area contributed by atoms with E-state index < -0.39 is 0 Å². The first-order chi connectivity index (χ1) is 7.58. The molecule has 0 atom stereocenters. The van der Waals surface area contributed by atoms with Gasteiger partial charge in [0, 0.05) is 11.6 Å². The van der Waals surface area contributed by atoms with Crippen molar-refractivity contribution in [2.75, 3.05) is 5.32 Å². The molecule has 0 bridgehead atoms. The van der Waals surface area contributed by atoms with E-state index in [1.807, 2.05) is 13.8 Å². The van der Waals surface area contributed by atoms with Crippen LogP contribution < -0.4 is 5.32 Å². The van der Waals surface area contributed by atoms with Crippen molar-refractivity contribution in [3.8, 4) is 0 Å². The van der Waals surface area contributed by atoms with E-state index in [1.54, 1.807) is 0 Å². The standard InChI is InChI=1S/C13H16FNO/c1-8-6-11(14)7-9(2)12(8)15-13(16)10-4-3-5-10/h6-7,10H,3-5H2,1-2H3,(H,15,16). The highest BCUT2D eigenvalue weighted by molar-refractivity contribution is 5.94. The summed E-state index contributed by atoms with van der Waals surface area (Å²) in [6.45, 7) is 3.62. The van der Waals surface area contributed by atoms with Crippen molar-refractivity contribution in [3.05, 3.63) is 29.1 Å². The zero-order chi connectivity index (χ0) is 11.7. The summed E-state index contributed by atoms with van der Waals surface area (Å²) in [6.07, 6.45) is 3.09. The third-order valence-electron chi connectivity index (χ3n) is 3.22. The Morgan fingerprint density at radius 3 is 2.31 bits per heavy atom. The van der Waals surface area contributed by atoms with Crippen molar-refractivity contribution in [1.82, 2.24) is 0 Å². The number of carbonyl (C=O) groups excluding carboxylic acids is 1. The molecule has 0 heterocycles. The molecule has 1 saturated carbocycles. The second-order valence-corrected chi connectivity index (χ2v) is 4.53. The number of benzene rings is 1. The molecule has 0 unspecified atom stereocenters. The number of aryl methyl sites for hydroxylation is 2.